The molecular weight excluding hydrogens is 564 g/mol. The molecule has 0 fully saturated rings. The van der Waals surface area contributed by atoms with Crippen molar-refractivity contribution in [3.8, 4) is 50.9 Å². The topological polar surface area (TPSA) is 96.5 Å². The summed E-state index contributed by atoms with van der Waals surface area (Å²) in [5.74, 6) is 1.30. The first-order chi connectivity index (χ1) is 19.8. The molecule has 0 spiro atoms. The molecule has 1 aliphatic rings. The number of rotatable bonds is 6. The highest BCUT2D eigenvalue weighted by molar-refractivity contribution is 7.90. The lowest BCUT2D eigenvalue weighted by molar-refractivity contribution is -0.286. The van der Waals surface area contributed by atoms with Crippen LogP contribution < -0.4 is 9.47 Å². The monoisotopic (exact) mass is 591 g/mol. The number of fused-ring (bicyclic) bond motifs is 1. The Balaban J connectivity index is 1.59. The van der Waals surface area contributed by atoms with E-state index >= 15 is 0 Å². The molecule has 5 aromatic rings. The van der Waals surface area contributed by atoms with Gasteiger partial charge in [-0.1, -0.05) is 32.0 Å². The number of aryl methyl sites for hydroxylation is 2. The Labute approximate surface area is 241 Å². The van der Waals surface area contributed by atoms with Crippen molar-refractivity contribution in [1.82, 2.24) is 14.5 Å². The van der Waals surface area contributed by atoms with Crippen LogP contribution in [0.4, 0.5) is 8.78 Å². The van der Waals surface area contributed by atoms with E-state index in [4.69, 9.17) is 14.1 Å². The molecule has 0 saturated heterocycles. The zero-order chi connectivity index (χ0) is 30.0. The summed E-state index contributed by atoms with van der Waals surface area (Å²) in [6.07, 6.45) is -0.682. The van der Waals surface area contributed by atoms with E-state index in [0.717, 1.165) is 22.8 Å². The van der Waals surface area contributed by atoms with Gasteiger partial charge >= 0.3 is 6.29 Å². The minimum atomic E-state index is -3.76. The zero-order valence-electron chi connectivity index (χ0n) is 23.5. The molecule has 3 aromatic carbocycles. The largest absolute Gasteiger partial charge is 0.586 e. The van der Waals surface area contributed by atoms with Gasteiger partial charge in [-0.2, -0.15) is 0 Å². The van der Waals surface area contributed by atoms with Crippen LogP contribution in [0, 0.1) is 13.8 Å². The maximum Gasteiger partial charge on any atom is 0.586 e. The smallest absolute Gasteiger partial charge is 0.440 e. The average Bonchev–Trinajstić information content (AvgIpc) is 3.60. The van der Waals surface area contributed by atoms with Crippen LogP contribution in [-0.4, -0.2) is 35.5 Å². The van der Waals surface area contributed by atoms with E-state index in [2.05, 4.69) is 9.72 Å². The van der Waals surface area contributed by atoms with Crippen LogP contribution in [0.15, 0.2) is 76.2 Å². The fourth-order valence-corrected chi connectivity index (χ4v) is 5.60. The summed E-state index contributed by atoms with van der Waals surface area (Å²) < 4.78 is 69.6. The summed E-state index contributed by atoms with van der Waals surface area (Å²) >= 11 is 0. The first-order valence-corrected chi connectivity index (χ1v) is 15.1. The van der Waals surface area contributed by atoms with Gasteiger partial charge in [-0.3, -0.25) is 0 Å². The van der Waals surface area contributed by atoms with Crippen molar-refractivity contribution < 1.29 is 31.1 Å². The second-order valence-electron chi connectivity index (χ2n) is 10.5. The number of hydrogen-bond acceptors (Lipinski definition) is 7. The maximum atomic E-state index is 13.8. The number of oxazole rings is 1. The third kappa shape index (κ3) is 5.04. The predicted molar refractivity (Wildman–Crippen MR) is 153 cm³/mol. The lowest BCUT2D eigenvalue weighted by atomic mass is 9.98. The molecule has 1 aliphatic heterocycles. The summed E-state index contributed by atoms with van der Waals surface area (Å²) in [4.78, 5) is 9.64. The Kier molecular flexibility index (Phi) is 6.45. The van der Waals surface area contributed by atoms with Gasteiger partial charge < -0.3 is 18.5 Å². The molecule has 0 amide bonds. The molecule has 0 N–H and O–H groups in total. The van der Waals surface area contributed by atoms with Crippen molar-refractivity contribution in [3.63, 3.8) is 0 Å². The second kappa shape index (κ2) is 9.80. The highest BCUT2D eigenvalue weighted by atomic mass is 32.2. The number of ether oxygens (including phenoxy) is 2. The Morgan fingerprint density at radius 3 is 2.29 bits per heavy atom. The Morgan fingerprint density at radius 2 is 1.60 bits per heavy atom. The average molecular weight is 592 g/mol. The van der Waals surface area contributed by atoms with Crippen LogP contribution in [0.1, 0.15) is 37.2 Å². The molecule has 216 valence electrons. The van der Waals surface area contributed by atoms with E-state index in [0.29, 0.717) is 34.0 Å². The van der Waals surface area contributed by atoms with Crippen LogP contribution in [0.3, 0.4) is 0 Å². The number of hydrogen-bond donors (Lipinski definition) is 0. The standard InChI is InChI=1S/C31H27F2N3O5S/c1-17(2)30-35-28(29(39-30)22-10-12-26-27(15-22)41-31(32,33)40-26)24-14-21(20-7-6-8-23(13-20)42(5,37)38)9-11-25(24)36-16-18(3)34-19(36)4/h6-17H,1-5H3. The van der Waals surface area contributed by atoms with Gasteiger partial charge in [0.1, 0.15) is 11.5 Å². The van der Waals surface area contributed by atoms with Crippen molar-refractivity contribution in [2.45, 2.75) is 44.8 Å². The van der Waals surface area contributed by atoms with E-state index in [1.165, 1.54) is 18.4 Å². The molecule has 0 bridgehead atoms. The van der Waals surface area contributed by atoms with E-state index in [-0.39, 0.29) is 22.3 Å². The van der Waals surface area contributed by atoms with Gasteiger partial charge in [-0.05, 0) is 67.4 Å². The molecule has 0 aliphatic carbocycles. The van der Waals surface area contributed by atoms with Gasteiger partial charge in [0.25, 0.3) is 0 Å². The lowest BCUT2D eigenvalue weighted by Gasteiger charge is -2.14. The molecule has 0 radical (unpaired) electrons. The van der Waals surface area contributed by atoms with Crippen LogP contribution in [0.5, 0.6) is 11.5 Å². The first kappa shape index (κ1) is 27.6. The van der Waals surface area contributed by atoms with Crippen molar-refractivity contribution in [1.29, 1.82) is 0 Å². The fraction of sp³-hybridized carbons (Fsp3) is 0.226. The number of halogens is 2. The molecule has 42 heavy (non-hydrogen) atoms. The Bertz CT molecular complexity index is 1960. The third-order valence-corrected chi connectivity index (χ3v) is 8.02. The summed E-state index contributed by atoms with van der Waals surface area (Å²) in [6, 6.07) is 16.9. The highest BCUT2D eigenvalue weighted by Crippen LogP contribution is 2.46. The third-order valence-electron chi connectivity index (χ3n) is 6.91. The number of benzene rings is 3. The Hall–Kier alpha value is -4.51. The van der Waals surface area contributed by atoms with E-state index in [1.807, 2.05) is 62.7 Å². The second-order valence-corrected chi connectivity index (χ2v) is 12.6. The molecule has 2 aromatic heterocycles. The molecule has 3 heterocycles. The minimum absolute atomic E-state index is 0.0770. The summed E-state index contributed by atoms with van der Waals surface area (Å²) in [5.41, 5.74) is 4.65. The molecule has 0 unspecified atom stereocenters. The van der Waals surface area contributed by atoms with E-state index < -0.39 is 16.1 Å². The predicted octanol–water partition coefficient (Wildman–Crippen LogP) is 7.33. The summed E-state index contributed by atoms with van der Waals surface area (Å²) in [5, 5.41) is 0. The summed E-state index contributed by atoms with van der Waals surface area (Å²) in [6.45, 7) is 7.67. The molecule has 11 heteroatoms. The van der Waals surface area contributed by atoms with Crippen molar-refractivity contribution in [2.75, 3.05) is 6.26 Å². The van der Waals surface area contributed by atoms with E-state index in [9.17, 15) is 17.2 Å². The molecule has 0 atom stereocenters. The van der Waals surface area contributed by atoms with Crippen LogP contribution in [0.25, 0.3) is 39.4 Å². The van der Waals surface area contributed by atoms with Crippen molar-refractivity contribution in [2.24, 2.45) is 0 Å². The number of nitrogens with zero attached hydrogens (tertiary/aromatic N) is 3. The Morgan fingerprint density at radius 1 is 0.881 bits per heavy atom. The van der Waals surface area contributed by atoms with Gasteiger partial charge in [0.2, 0.25) is 0 Å². The van der Waals surface area contributed by atoms with Gasteiger partial charge in [-0.25, -0.2) is 18.4 Å². The SMILES string of the molecule is Cc1cn(-c2ccc(-c3cccc(S(C)(=O)=O)c3)cc2-c2nc(C(C)C)oc2-c2ccc3c(c2)OC(F)(F)O3)c(C)n1. The van der Waals surface area contributed by atoms with Crippen molar-refractivity contribution >= 4 is 9.84 Å². The quantitative estimate of drug-likeness (QED) is 0.204. The van der Waals surface area contributed by atoms with Gasteiger partial charge in [0.15, 0.2) is 33.0 Å². The van der Waals surface area contributed by atoms with Crippen molar-refractivity contribution in [3.05, 3.63) is 84.3 Å². The number of alkyl halides is 2. The number of imidazole rings is 1. The van der Waals surface area contributed by atoms with Gasteiger partial charge in [-0.15, -0.1) is 8.78 Å². The zero-order valence-corrected chi connectivity index (χ0v) is 24.3. The van der Waals surface area contributed by atoms with Gasteiger partial charge in [0.05, 0.1) is 16.3 Å². The van der Waals surface area contributed by atoms with Crippen LogP contribution in [0.2, 0.25) is 0 Å². The van der Waals surface area contributed by atoms with Gasteiger partial charge in [0, 0.05) is 29.5 Å². The first-order valence-electron chi connectivity index (χ1n) is 13.2. The van der Waals surface area contributed by atoms with E-state index in [1.54, 1.807) is 24.3 Å². The normalized spacial score (nSPS) is 14.1. The highest BCUT2D eigenvalue weighted by Gasteiger charge is 2.43. The van der Waals surface area contributed by atoms with Crippen LogP contribution in [-0.2, 0) is 9.84 Å². The number of aromatic nitrogens is 3. The minimum Gasteiger partial charge on any atom is -0.440 e. The molecule has 6 rings (SSSR count). The fourth-order valence-electron chi connectivity index (χ4n) is 4.94. The number of sulfone groups is 1. The van der Waals surface area contributed by atoms with Crippen LogP contribution >= 0.6 is 0 Å². The molecule has 0 saturated carbocycles. The maximum absolute atomic E-state index is 13.8. The molecule has 8 nitrogen and oxygen atoms in total. The molecular formula is C31H27F2N3O5S. The summed E-state index contributed by atoms with van der Waals surface area (Å²) in [7, 11) is -3.43. The lowest BCUT2D eigenvalue weighted by Crippen LogP contribution is -2.25.